The van der Waals surface area contributed by atoms with Crippen LogP contribution in [0.1, 0.15) is 21.2 Å². The van der Waals surface area contributed by atoms with E-state index in [1.165, 1.54) is 11.8 Å². The van der Waals surface area contributed by atoms with Crippen LogP contribution in [0.25, 0.3) is 11.2 Å². The Morgan fingerprint density at radius 1 is 1.04 bits per heavy atom. The van der Waals surface area contributed by atoms with Gasteiger partial charge in [-0.15, -0.1) is 16.9 Å². The van der Waals surface area contributed by atoms with E-state index in [9.17, 15) is 4.79 Å². The van der Waals surface area contributed by atoms with Crippen molar-refractivity contribution in [2.75, 3.05) is 5.73 Å². The summed E-state index contributed by atoms with van der Waals surface area (Å²) in [6.07, 6.45) is 0. The molecule has 0 saturated heterocycles. The highest BCUT2D eigenvalue weighted by Gasteiger charge is 2.25. The number of nitrogens with one attached hydrogen (secondary N) is 1. The maximum Gasteiger partial charge on any atom is 0.180 e. The lowest BCUT2D eigenvalue weighted by Gasteiger charge is -2.16. The highest BCUT2D eigenvalue weighted by atomic mass is 32.2. The number of Topliss-reactive ketones (excluding diaryl/α,β-unsaturated/α-hetero) is 1. The number of nitrogen functional groups attached to an aromatic ring is 1. The molecule has 0 fully saturated rings. The number of thioether (sulfide) groups is 1. The third kappa shape index (κ3) is 3.16. The van der Waals surface area contributed by atoms with Crippen LogP contribution in [0.5, 0.6) is 0 Å². The summed E-state index contributed by atoms with van der Waals surface area (Å²) in [4.78, 5) is 18.1. The number of aromatic amines is 1. The number of nitrogens with two attached hydrogens (primary N) is 1. The summed E-state index contributed by atoms with van der Waals surface area (Å²) in [5, 5.41) is 10.2. The monoisotopic (exact) mass is 361 g/mol. The molecule has 6 nitrogen and oxygen atoms in total. The number of H-pyrrole nitrogens is 1. The highest BCUT2D eigenvalue weighted by molar-refractivity contribution is 8.00. The van der Waals surface area contributed by atoms with E-state index in [1.54, 1.807) is 6.07 Å². The van der Waals surface area contributed by atoms with Crippen LogP contribution < -0.4 is 5.73 Å². The van der Waals surface area contributed by atoms with Gasteiger partial charge in [-0.25, -0.2) is 10.1 Å². The van der Waals surface area contributed by atoms with Crippen LogP contribution in [0.3, 0.4) is 0 Å². The molecule has 1 unspecified atom stereocenters. The number of anilines is 1. The Hall–Kier alpha value is -3.19. The Kier molecular flexibility index (Phi) is 4.37. The fourth-order valence-corrected chi connectivity index (χ4v) is 3.93. The molecule has 0 spiro atoms. The number of fused-ring (bicyclic) bond motifs is 1. The quantitative estimate of drug-likeness (QED) is 0.416. The molecule has 0 aliphatic heterocycles. The summed E-state index contributed by atoms with van der Waals surface area (Å²) in [6.45, 7) is 0. The van der Waals surface area contributed by atoms with Crippen LogP contribution in [0.15, 0.2) is 71.6 Å². The lowest BCUT2D eigenvalue weighted by Crippen LogP contribution is -2.10. The standard InChI is InChI=1S/C19H15N5OS/c20-15-11-14(16-19(21-15)23-24-22-16)26-18(13-9-5-2-6-10-13)17(25)12-7-3-1-4-8-12/h1-11,18H,(H3,20,21,22,23,24). The Balaban J connectivity index is 1.78. The van der Waals surface area contributed by atoms with E-state index < -0.39 is 5.25 Å². The second kappa shape index (κ2) is 6.97. The van der Waals surface area contributed by atoms with Gasteiger partial charge in [-0.2, -0.15) is 0 Å². The Morgan fingerprint density at radius 2 is 1.73 bits per heavy atom. The number of hydrogen-bond acceptors (Lipinski definition) is 6. The van der Waals surface area contributed by atoms with Crippen molar-refractivity contribution in [3.63, 3.8) is 0 Å². The van der Waals surface area contributed by atoms with E-state index in [2.05, 4.69) is 20.4 Å². The number of hydrogen-bond donors (Lipinski definition) is 2. The number of carbonyl (C=O) groups is 1. The number of benzene rings is 2. The van der Waals surface area contributed by atoms with Crippen LogP contribution in [-0.2, 0) is 0 Å². The third-order valence-electron chi connectivity index (χ3n) is 3.93. The van der Waals surface area contributed by atoms with Gasteiger partial charge in [0, 0.05) is 10.5 Å². The molecule has 4 aromatic rings. The Bertz CT molecular complexity index is 1050. The van der Waals surface area contributed by atoms with Crippen molar-refractivity contribution in [1.82, 2.24) is 20.4 Å². The van der Waals surface area contributed by atoms with Gasteiger partial charge in [0.25, 0.3) is 0 Å². The molecule has 2 aromatic carbocycles. The van der Waals surface area contributed by atoms with Crippen LogP contribution >= 0.6 is 11.8 Å². The Morgan fingerprint density at radius 3 is 2.46 bits per heavy atom. The summed E-state index contributed by atoms with van der Waals surface area (Å²) in [7, 11) is 0. The normalized spacial score (nSPS) is 12.2. The van der Waals surface area contributed by atoms with E-state index in [0.29, 0.717) is 22.5 Å². The molecule has 1 atom stereocenters. The van der Waals surface area contributed by atoms with Gasteiger partial charge in [0.05, 0.1) is 5.25 Å². The number of aromatic nitrogens is 4. The number of carbonyl (C=O) groups excluding carboxylic acids is 1. The van der Waals surface area contributed by atoms with Gasteiger partial charge < -0.3 is 5.73 Å². The molecular formula is C19H15N5OS. The van der Waals surface area contributed by atoms with Gasteiger partial charge >= 0.3 is 0 Å². The first-order valence-electron chi connectivity index (χ1n) is 8.00. The molecule has 0 aliphatic carbocycles. The summed E-state index contributed by atoms with van der Waals surface area (Å²) in [6, 6.07) is 20.7. The molecule has 128 valence electrons. The van der Waals surface area contributed by atoms with Gasteiger partial charge in [0.1, 0.15) is 11.3 Å². The maximum absolute atomic E-state index is 13.2. The largest absolute Gasteiger partial charge is 0.384 e. The number of ketones is 1. The Labute approximate surface area is 153 Å². The fourth-order valence-electron chi connectivity index (χ4n) is 2.70. The van der Waals surface area contributed by atoms with E-state index in [1.807, 2.05) is 60.7 Å². The number of pyridine rings is 1. The van der Waals surface area contributed by atoms with Gasteiger partial charge in [-0.3, -0.25) is 4.79 Å². The van der Waals surface area contributed by atoms with E-state index in [-0.39, 0.29) is 5.78 Å². The SMILES string of the molecule is Nc1cc(SC(C(=O)c2ccccc2)c2ccccc2)c2nn[nH]c2n1. The van der Waals surface area contributed by atoms with Crippen LogP contribution in [-0.4, -0.2) is 26.2 Å². The van der Waals surface area contributed by atoms with Crippen molar-refractivity contribution in [3.8, 4) is 0 Å². The molecule has 0 aliphatic rings. The minimum atomic E-state index is -0.430. The van der Waals surface area contributed by atoms with E-state index in [0.717, 1.165) is 10.5 Å². The molecule has 0 saturated carbocycles. The summed E-state index contributed by atoms with van der Waals surface area (Å²) >= 11 is 1.40. The van der Waals surface area contributed by atoms with Crippen molar-refractivity contribution < 1.29 is 4.79 Å². The van der Waals surface area contributed by atoms with Gasteiger partial charge in [-0.05, 0) is 11.6 Å². The van der Waals surface area contributed by atoms with Gasteiger partial charge in [-0.1, -0.05) is 65.9 Å². The zero-order valence-corrected chi connectivity index (χ0v) is 14.5. The molecular weight excluding hydrogens is 346 g/mol. The lowest BCUT2D eigenvalue weighted by molar-refractivity contribution is 0.0989. The molecule has 2 heterocycles. The first-order valence-corrected chi connectivity index (χ1v) is 8.88. The summed E-state index contributed by atoms with van der Waals surface area (Å²) in [5.74, 6) is 0.374. The van der Waals surface area contributed by atoms with Crippen LogP contribution in [0.2, 0.25) is 0 Å². The lowest BCUT2D eigenvalue weighted by atomic mass is 10.0. The fraction of sp³-hybridized carbons (Fsp3) is 0.0526. The maximum atomic E-state index is 13.2. The van der Waals surface area contributed by atoms with Gasteiger partial charge in [0.15, 0.2) is 11.4 Å². The molecule has 0 bridgehead atoms. The first-order chi connectivity index (χ1) is 12.7. The minimum Gasteiger partial charge on any atom is -0.384 e. The highest BCUT2D eigenvalue weighted by Crippen LogP contribution is 2.40. The van der Waals surface area contributed by atoms with E-state index >= 15 is 0 Å². The molecule has 0 radical (unpaired) electrons. The topological polar surface area (TPSA) is 97.5 Å². The average Bonchev–Trinajstić information content (AvgIpc) is 3.15. The molecule has 4 rings (SSSR count). The van der Waals surface area contributed by atoms with Crippen LogP contribution in [0, 0.1) is 0 Å². The summed E-state index contributed by atoms with van der Waals surface area (Å²) < 4.78 is 0. The zero-order valence-electron chi connectivity index (χ0n) is 13.7. The summed E-state index contributed by atoms with van der Waals surface area (Å²) in [5.41, 5.74) is 8.58. The molecule has 3 N–H and O–H groups in total. The number of nitrogens with zero attached hydrogens (tertiary/aromatic N) is 3. The molecule has 26 heavy (non-hydrogen) atoms. The molecule has 2 aromatic heterocycles. The third-order valence-corrected chi connectivity index (χ3v) is 5.21. The smallest absolute Gasteiger partial charge is 0.180 e. The van der Waals surface area contributed by atoms with Crippen molar-refractivity contribution in [2.24, 2.45) is 0 Å². The second-order valence-corrected chi connectivity index (χ2v) is 6.84. The molecule has 7 heteroatoms. The predicted molar refractivity (Wildman–Crippen MR) is 102 cm³/mol. The van der Waals surface area contributed by atoms with Crippen molar-refractivity contribution >= 4 is 34.5 Å². The van der Waals surface area contributed by atoms with Crippen molar-refractivity contribution in [1.29, 1.82) is 0 Å². The second-order valence-electron chi connectivity index (χ2n) is 5.69. The van der Waals surface area contributed by atoms with Crippen molar-refractivity contribution in [3.05, 3.63) is 77.9 Å². The van der Waals surface area contributed by atoms with Crippen molar-refractivity contribution in [2.45, 2.75) is 10.1 Å². The van der Waals surface area contributed by atoms with E-state index in [4.69, 9.17) is 5.73 Å². The molecule has 0 amide bonds. The zero-order chi connectivity index (χ0) is 17.9. The minimum absolute atomic E-state index is 0.0221. The first kappa shape index (κ1) is 16.3. The number of rotatable bonds is 5. The van der Waals surface area contributed by atoms with Crippen LogP contribution in [0.4, 0.5) is 5.82 Å². The average molecular weight is 361 g/mol. The van der Waals surface area contributed by atoms with Gasteiger partial charge in [0.2, 0.25) is 0 Å². The predicted octanol–water partition coefficient (Wildman–Crippen LogP) is 3.65.